The van der Waals surface area contributed by atoms with Gasteiger partial charge in [-0.3, -0.25) is 9.59 Å². The molecular weight excluding hydrogens is 448 g/mol. The standard InChI is InChI=1S/2C16H32O2/c1-6-13(2)9-7-10-14(3)11-8-12-16(4,5)15(17)18;1-6-13(2)9-7-10-14(3)11-8-12-15(4)16(17)18-5/h13-14H,6-12H2,1-5H3,(H,17,18);13-15H,6-12H2,1-5H3. The Balaban J connectivity index is 0. The highest BCUT2D eigenvalue weighted by Crippen LogP contribution is 2.26. The minimum atomic E-state index is -0.674. The van der Waals surface area contributed by atoms with Gasteiger partial charge in [0.2, 0.25) is 0 Å². The van der Waals surface area contributed by atoms with Crippen molar-refractivity contribution < 1.29 is 19.4 Å². The summed E-state index contributed by atoms with van der Waals surface area (Å²) in [6.07, 6.45) is 16.9. The van der Waals surface area contributed by atoms with E-state index in [1.165, 1.54) is 64.9 Å². The first-order valence-electron chi connectivity index (χ1n) is 15.1. The van der Waals surface area contributed by atoms with E-state index >= 15 is 0 Å². The maximum atomic E-state index is 11.2. The van der Waals surface area contributed by atoms with Crippen molar-refractivity contribution in [2.24, 2.45) is 35.0 Å². The minimum Gasteiger partial charge on any atom is -0.481 e. The number of carboxylic acid groups (broad SMARTS) is 1. The zero-order valence-corrected chi connectivity index (χ0v) is 26.0. The number of carbonyl (C=O) groups excluding carboxylic acids is 1. The molecule has 0 fully saturated rings. The molecule has 0 radical (unpaired) electrons. The van der Waals surface area contributed by atoms with Gasteiger partial charge in [0, 0.05) is 0 Å². The molecule has 0 aliphatic heterocycles. The molecule has 4 heteroatoms. The quantitative estimate of drug-likeness (QED) is 0.165. The summed E-state index contributed by atoms with van der Waals surface area (Å²) < 4.78 is 4.73. The fourth-order valence-electron chi connectivity index (χ4n) is 4.42. The van der Waals surface area contributed by atoms with Crippen LogP contribution in [0.2, 0.25) is 0 Å². The predicted octanol–water partition coefficient (Wildman–Crippen LogP) is 9.94. The Kier molecular flexibility index (Phi) is 22.6. The van der Waals surface area contributed by atoms with Gasteiger partial charge < -0.3 is 9.84 Å². The second-order valence-corrected chi connectivity index (χ2v) is 12.5. The summed E-state index contributed by atoms with van der Waals surface area (Å²) in [5, 5.41) is 9.04. The van der Waals surface area contributed by atoms with Crippen LogP contribution < -0.4 is 0 Å². The topological polar surface area (TPSA) is 63.6 Å². The third kappa shape index (κ3) is 21.1. The number of hydrogen-bond acceptors (Lipinski definition) is 3. The Bertz CT molecular complexity index is 540. The van der Waals surface area contributed by atoms with Crippen molar-refractivity contribution in [1.82, 2.24) is 0 Å². The summed E-state index contributed by atoms with van der Waals surface area (Å²) in [5.74, 6) is 2.56. The van der Waals surface area contributed by atoms with E-state index in [-0.39, 0.29) is 11.9 Å². The molecule has 5 atom stereocenters. The SMILES string of the molecule is CCC(C)CCCC(C)CCCC(C)(C)C(=O)O.CCC(C)CCCC(C)CCCC(C)C(=O)OC. The first kappa shape index (κ1) is 37.1. The maximum Gasteiger partial charge on any atom is 0.309 e. The fourth-order valence-corrected chi connectivity index (χ4v) is 4.42. The predicted molar refractivity (Wildman–Crippen MR) is 155 cm³/mol. The van der Waals surface area contributed by atoms with E-state index in [4.69, 9.17) is 9.84 Å². The summed E-state index contributed by atoms with van der Waals surface area (Å²) in [6.45, 7) is 19.4. The van der Waals surface area contributed by atoms with Gasteiger partial charge in [-0.15, -0.1) is 0 Å². The largest absolute Gasteiger partial charge is 0.481 e. The smallest absolute Gasteiger partial charge is 0.309 e. The van der Waals surface area contributed by atoms with Crippen LogP contribution in [0.3, 0.4) is 0 Å². The monoisotopic (exact) mass is 512 g/mol. The van der Waals surface area contributed by atoms with Crippen LogP contribution in [0, 0.1) is 35.0 Å². The van der Waals surface area contributed by atoms with Crippen LogP contribution in [0.4, 0.5) is 0 Å². The van der Waals surface area contributed by atoms with Gasteiger partial charge in [0.05, 0.1) is 18.4 Å². The van der Waals surface area contributed by atoms with E-state index in [1.54, 1.807) is 0 Å². The number of aliphatic carboxylic acids is 1. The molecule has 0 saturated carbocycles. The second kappa shape index (κ2) is 22.0. The highest BCUT2D eigenvalue weighted by molar-refractivity contribution is 5.73. The van der Waals surface area contributed by atoms with Crippen LogP contribution in [-0.2, 0) is 14.3 Å². The summed E-state index contributed by atoms with van der Waals surface area (Å²) in [7, 11) is 1.47. The molecule has 0 aliphatic rings. The van der Waals surface area contributed by atoms with Crippen molar-refractivity contribution in [2.45, 2.75) is 152 Å². The average Bonchev–Trinajstić information content (AvgIpc) is 2.83. The molecular formula is C32H64O4. The van der Waals surface area contributed by atoms with E-state index in [9.17, 15) is 9.59 Å². The molecule has 0 aromatic carbocycles. The molecule has 0 rings (SSSR count). The van der Waals surface area contributed by atoms with Crippen LogP contribution in [0.1, 0.15) is 152 Å². The van der Waals surface area contributed by atoms with Gasteiger partial charge >= 0.3 is 11.9 Å². The molecule has 5 unspecified atom stereocenters. The van der Waals surface area contributed by atoms with Gasteiger partial charge in [-0.2, -0.15) is 0 Å². The van der Waals surface area contributed by atoms with Crippen molar-refractivity contribution in [3.05, 3.63) is 0 Å². The second-order valence-electron chi connectivity index (χ2n) is 12.5. The number of carbonyl (C=O) groups is 2. The van der Waals surface area contributed by atoms with E-state index < -0.39 is 11.4 Å². The van der Waals surface area contributed by atoms with E-state index in [0.29, 0.717) is 0 Å². The number of carboxylic acids is 1. The van der Waals surface area contributed by atoms with E-state index in [1.807, 2.05) is 20.8 Å². The van der Waals surface area contributed by atoms with E-state index in [2.05, 4.69) is 41.5 Å². The summed E-state index contributed by atoms with van der Waals surface area (Å²) in [4.78, 5) is 22.2. The molecule has 4 nitrogen and oxygen atoms in total. The van der Waals surface area contributed by atoms with Crippen LogP contribution in [0.5, 0.6) is 0 Å². The van der Waals surface area contributed by atoms with Crippen LogP contribution in [-0.4, -0.2) is 24.2 Å². The lowest BCUT2D eigenvalue weighted by Gasteiger charge is -2.20. The number of methoxy groups -OCH3 is 1. The molecule has 0 spiro atoms. The molecule has 36 heavy (non-hydrogen) atoms. The number of hydrogen-bond donors (Lipinski definition) is 1. The van der Waals surface area contributed by atoms with Crippen molar-refractivity contribution in [2.75, 3.05) is 7.11 Å². The molecule has 0 aromatic rings. The Morgan fingerprint density at radius 1 is 0.667 bits per heavy atom. The normalized spacial score (nSPS) is 15.7. The molecule has 0 aromatic heterocycles. The van der Waals surface area contributed by atoms with Crippen LogP contribution in [0.15, 0.2) is 0 Å². The zero-order chi connectivity index (χ0) is 28.1. The van der Waals surface area contributed by atoms with Gasteiger partial charge in [0.1, 0.15) is 0 Å². The van der Waals surface area contributed by atoms with Crippen molar-refractivity contribution in [3.8, 4) is 0 Å². The molecule has 0 bridgehead atoms. The fraction of sp³-hybridized carbons (Fsp3) is 0.938. The number of rotatable bonds is 20. The van der Waals surface area contributed by atoms with Crippen LogP contribution >= 0.6 is 0 Å². The van der Waals surface area contributed by atoms with Crippen LogP contribution in [0.25, 0.3) is 0 Å². The summed E-state index contributed by atoms with van der Waals surface area (Å²) >= 11 is 0. The lowest BCUT2D eigenvalue weighted by atomic mass is 9.85. The van der Waals surface area contributed by atoms with Crippen molar-refractivity contribution >= 4 is 11.9 Å². The van der Waals surface area contributed by atoms with Gasteiger partial charge in [0.15, 0.2) is 0 Å². The average molecular weight is 513 g/mol. The Morgan fingerprint density at radius 2 is 1.03 bits per heavy atom. The first-order chi connectivity index (χ1) is 16.8. The minimum absolute atomic E-state index is 0.0577. The molecule has 0 saturated heterocycles. The highest BCUT2D eigenvalue weighted by Gasteiger charge is 2.26. The van der Waals surface area contributed by atoms with Gasteiger partial charge in [0.25, 0.3) is 0 Å². The summed E-state index contributed by atoms with van der Waals surface area (Å²) in [6, 6.07) is 0. The summed E-state index contributed by atoms with van der Waals surface area (Å²) in [5.41, 5.74) is -0.559. The Labute approximate surface area is 225 Å². The third-order valence-electron chi connectivity index (χ3n) is 8.20. The van der Waals surface area contributed by atoms with Crippen molar-refractivity contribution in [3.63, 3.8) is 0 Å². The Morgan fingerprint density at radius 3 is 1.39 bits per heavy atom. The highest BCUT2D eigenvalue weighted by atomic mass is 16.5. The number of esters is 1. The molecule has 216 valence electrons. The Hall–Kier alpha value is -1.06. The van der Waals surface area contributed by atoms with Gasteiger partial charge in [-0.1, -0.05) is 126 Å². The lowest BCUT2D eigenvalue weighted by molar-refractivity contribution is -0.147. The lowest BCUT2D eigenvalue weighted by Crippen LogP contribution is -2.23. The number of ether oxygens (including phenoxy) is 1. The molecule has 0 heterocycles. The zero-order valence-electron chi connectivity index (χ0n) is 26.0. The molecule has 1 N–H and O–H groups in total. The molecule has 0 amide bonds. The third-order valence-corrected chi connectivity index (χ3v) is 8.20. The first-order valence-corrected chi connectivity index (χ1v) is 15.1. The molecule has 0 aliphatic carbocycles. The van der Waals surface area contributed by atoms with E-state index in [0.717, 1.165) is 55.8 Å². The van der Waals surface area contributed by atoms with Gasteiger partial charge in [-0.05, 0) is 50.4 Å². The van der Waals surface area contributed by atoms with Gasteiger partial charge in [-0.25, -0.2) is 0 Å². The van der Waals surface area contributed by atoms with Crippen molar-refractivity contribution in [1.29, 1.82) is 0 Å². The maximum absolute atomic E-state index is 11.2.